The number of rotatable bonds is 5. The fraction of sp³-hybridized carbons (Fsp3) is 0.364. The molecule has 0 atom stereocenters. The van der Waals surface area contributed by atoms with E-state index in [9.17, 15) is 9.59 Å². The van der Waals surface area contributed by atoms with Gasteiger partial charge in [-0.3, -0.25) is 14.3 Å². The molecule has 2 rings (SSSR count). The van der Waals surface area contributed by atoms with Gasteiger partial charge in [0, 0.05) is 24.8 Å². The predicted octanol–water partition coefficient (Wildman–Crippen LogP) is -0.665. The molecule has 2 N–H and O–H groups in total. The Morgan fingerprint density at radius 1 is 1.45 bits per heavy atom. The lowest BCUT2D eigenvalue weighted by molar-refractivity contribution is -0.137. The number of amides is 1. The fourth-order valence-corrected chi connectivity index (χ4v) is 1.60. The highest BCUT2D eigenvalue weighted by atomic mass is 16.4. The maximum Gasteiger partial charge on any atom is 0.325 e. The largest absolute Gasteiger partial charge is 0.480 e. The normalized spacial score (nSPS) is 10.5. The number of aryl methyl sites for hydroxylation is 1. The number of hydrogen-bond acceptors (Lipinski definition) is 5. The van der Waals surface area contributed by atoms with E-state index in [0.717, 1.165) is 15.9 Å². The maximum atomic E-state index is 11.8. The molecule has 0 bridgehead atoms. The second kappa shape index (κ2) is 5.51. The van der Waals surface area contributed by atoms with Crippen LogP contribution < -0.4 is 5.32 Å². The van der Waals surface area contributed by atoms with Gasteiger partial charge in [-0.2, -0.15) is 5.10 Å². The van der Waals surface area contributed by atoms with E-state index < -0.39 is 11.9 Å². The zero-order valence-corrected chi connectivity index (χ0v) is 11.1. The Balaban J connectivity index is 1.96. The first kappa shape index (κ1) is 13.7. The SMILES string of the molecule is Cc1c(CNC(=O)c2cn(CC(=O)O)nn2)cnn1C. The second-order valence-electron chi connectivity index (χ2n) is 4.26. The van der Waals surface area contributed by atoms with Crippen LogP contribution in [0.1, 0.15) is 21.7 Å². The van der Waals surface area contributed by atoms with Crippen LogP contribution in [0.4, 0.5) is 0 Å². The summed E-state index contributed by atoms with van der Waals surface area (Å²) in [5.41, 5.74) is 1.94. The average Bonchev–Trinajstić information content (AvgIpc) is 2.96. The van der Waals surface area contributed by atoms with Crippen LogP contribution in [-0.4, -0.2) is 41.8 Å². The van der Waals surface area contributed by atoms with Crippen molar-refractivity contribution in [1.82, 2.24) is 30.1 Å². The molecule has 0 saturated heterocycles. The topological polar surface area (TPSA) is 115 Å². The molecule has 0 aromatic carbocycles. The lowest BCUT2D eigenvalue weighted by Crippen LogP contribution is -2.23. The summed E-state index contributed by atoms with van der Waals surface area (Å²) in [6.07, 6.45) is 2.97. The van der Waals surface area contributed by atoms with Crippen molar-refractivity contribution in [3.63, 3.8) is 0 Å². The van der Waals surface area contributed by atoms with Gasteiger partial charge < -0.3 is 10.4 Å². The van der Waals surface area contributed by atoms with Gasteiger partial charge in [0.15, 0.2) is 5.69 Å². The molecule has 0 unspecified atom stereocenters. The standard InChI is InChI=1S/C11H14N6O3/c1-7-8(4-13-16(7)2)3-12-11(20)9-5-17(15-14-9)6-10(18)19/h4-5H,3,6H2,1-2H3,(H,12,20)(H,18,19). The first-order chi connectivity index (χ1) is 9.47. The zero-order chi connectivity index (χ0) is 14.7. The molecule has 9 nitrogen and oxygen atoms in total. The van der Waals surface area contributed by atoms with Crippen LogP contribution in [0.2, 0.25) is 0 Å². The quantitative estimate of drug-likeness (QED) is 0.750. The molecule has 0 aliphatic rings. The summed E-state index contributed by atoms with van der Waals surface area (Å²) in [6.45, 7) is 1.89. The lowest BCUT2D eigenvalue weighted by Gasteiger charge is -2.02. The highest BCUT2D eigenvalue weighted by molar-refractivity contribution is 5.91. The van der Waals surface area contributed by atoms with Crippen molar-refractivity contribution >= 4 is 11.9 Å². The molecule has 0 radical (unpaired) electrons. The number of aromatic nitrogens is 5. The number of nitrogens with zero attached hydrogens (tertiary/aromatic N) is 5. The molecular formula is C11H14N6O3. The third-order valence-corrected chi connectivity index (χ3v) is 2.84. The van der Waals surface area contributed by atoms with E-state index in [-0.39, 0.29) is 12.2 Å². The molecule has 2 aromatic rings. The van der Waals surface area contributed by atoms with Crippen LogP contribution >= 0.6 is 0 Å². The van der Waals surface area contributed by atoms with Crippen molar-refractivity contribution < 1.29 is 14.7 Å². The molecule has 0 saturated carbocycles. The minimum atomic E-state index is -1.05. The number of aliphatic carboxylic acids is 1. The minimum absolute atomic E-state index is 0.0767. The van der Waals surface area contributed by atoms with Crippen LogP contribution in [0.15, 0.2) is 12.4 Å². The third kappa shape index (κ3) is 2.99. The molecule has 0 spiro atoms. The van der Waals surface area contributed by atoms with Crippen molar-refractivity contribution in [2.75, 3.05) is 0 Å². The molecular weight excluding hydrogens is 264 g/mol. The summed E-state index contributed by atoms with van der Waals surface area (Å²) < 4.78 is 2.80. The Kier molecular flexibility index (Phi) is 3.78. The van der Waals surface area contributed by atoms with E-state index in [0.29, 0.717) is 6.54 Å². The van der Waals surface area contributed by atoms with Crippen molar-refractivity contribution in [2.24, 2.45) is 7.05 Å². The van der Waals surface area contributed by atoms with Gasteiger partial charge in [0.1, 0.15) is 6.54 Å². The zero-order valence-electron chi connectivity index (χ0n) is 11.1. The van der Waals surface area contributed by atoms with Gasteiger partial charge in [-0.1, -0.05) is 5.21 Å². The first-order valence-corrected chi connectivity index (χ1v) is 5.85. The number of nitrogens with one attached hydrogen (secondary N) is 1. The minimum Gasteiger partial charge on any atom is -0.480 e. The van der Waals surface area contributed by atoms with Crippen molar-refractivity contribution in [3.8, 4) is 0 Å². The molecule has 2 heterocycles. The van der Waals surface area contributed by atoms with Gasteiger partial charge in [0.2, 0.25) is 0 Å². The van der Waals surface area contributed by atoms with Gasteiger partial charge in [0.25, 0.3) is 5.91 Å². The van der Waals surface area contributed by atoms with Gasteiger partial charge in [-0.05, 0) is 6.92 Å². The number of carboxylic acids is 1. The Morgan fingerprint density at radius 2 is 2.20 bits per heavy atom. The van der Waals surface area contributed by atoms with Crippen LogP contribution in [0.5, 0.6) is 0 Å². The predicted molar refractivity (Wildman–Crippen MR) is 66.8 cm³/mol. The molecule has 106 valence electrons. The summed E-state index contributed by atoms with van der Waals surface area (Å²) >= 11 is 0. The molecule has 0 aliphatic heterocycles. The third-order valence-electron chi connectivity index (χ3n) is 2.84. The van der Waals surface area contributed by atoms with Crippen LogP contribution in [-0.2, 0) is 24.9 Å². The summed E-state index contributed by atoms with van der Waals surface area (Å²) in [7, 11) is 1.82. The molecule has 2 aromatic heterocycles. The van der Waals surface area contributed by atoms with Crippen molar-refractivity contribution in [1.29, 1.82) is 0 Å². The van der Waals surface area contributed by atoms with Crippen LogP contribution in [0, 0.1) is 6.92 Å². The van der Waals surface area contributed by atoms with Gasteiger partial charge in [-0.15, -0.1) is 5.10 Å². The molecule has 20 heavy (non-hydrogen) atoms. The van der Waals surface area contributed by atoms with E-state index in [1.54, 1.807) is 10.9 Å². The van der Waals surface area contributed by atoms with E-state index in [2.05, 4.69) is 20.7 Å². The maximum absolute atomic E-state index is 11.8. The highest BCUT2D eigenvalue weighted by Crippen LogP contribution is 2.05. The van der Waals surface area contributed by atoms with E-state index >= 15 is 0 Å². The number of carbonyl (C=O) groups is 2. The van der Waals surface area contributed by atoms with E-state index in [1.807, 2.05) is 14.0 Å². The van der Waals surface area contributed by atoms with E-state index in [4.69, 9.17) is 5.11 Å². The summed E-state index contributed by atoms with van der Waals surface area (Å²) in [4.78, 5) is 22.3. The second-order valence-corrected chi connectivity index (χ2v) is 4.26. The number of hydrogen-bond donors (Lipinski definition) is 2. The highest BCUT2D eigenvalue weighted by Gasteiger charge is 2.12. The number of carboxylic acid groups (broad SMARTS) is 1. The molecule has 0 aliphatic carbocycles. The monoisotopic (exact) mass is 278 g/mol. The molecule has 9 heteroatoms. The summed E-state index contributed by atoms with van der Waals surface area (Å²) in [6, 6.07) is 0. The molecule has 1 amide bonds. The summed E-state index contributed by atoms with van der Waals surface area (Å²) in [5.74, 6) is -1.46. The Morgan fingerprint density at radius 3 is 2.80 bits per heavy atom. The van der Waals surface area contributed by atoms with E-state index in [1.165, 1.54) is 6.20 Å². The van der Waals surface area contributed by atoms with Crippen LogP contribution in [0.3, 0.4) is 0 Å². The van der Waals surface area contributed by atoms with Crippen molar-refractivity contribution in [2.45, 2.75) is 20.0 Å². The number of carbonyl (C=O) groups excluding carboxylic acids is 1. The van der Waals surface area contributed by atoms with Gasteiger partial charge in [-0.25, -0.2) is 4.68 Å². The van der Waals surface area contributed by atoms with Gasteiger partial charge >= 0.3 is 5.97 Å². The summed E-state index contributed by atoms with van der Waals surface area (Å²) in [5, 5.41) is 22.5. The van der Waals surface area contributed by atoms with Crippen molar-refractivity contribution in [3.05, 3.63) is 29.3 Å². The smallest absolute Gasteiger partial charge is 0.325 e. The molecule has 0 fully saturated rings. The Bertz CT molecular complexity index is 644. The van der Waals surface area contributed by atoms with Crippen LogP contribution in [0.25, 0.3) is 0 Å². The average molecular weight is 278 g/mol. The first-order valence-electron chi connectivity index (χ1n) is 5.85. The van der Waals surface area contributed by atoms with Gasteiger partial charge in [0.05, 0.1) is 12.4 Å². The Labute approximate surface area is 114 Å². The fourth-order valence-electron chi connectivity index (χ4n) is 1.60. The Hall–Kier alpha value is -2.71. The lowest BCUT2D eigenvalue weighted by atomic mass is 10.2.